The Hall–Kier alpha value is -3.73. The predicted octanol–water partition coefficient (Wildman–Crippen LogP) is 5.41. The van der Waals surface area contributed by atoms with Crippen LogP contribution in [0.1, 0.15) is 11.1 Å². The monoisotopic (exact) mass is 388 g/mol. The Morgan fingerprint density at radius 1 is 0.897 bits per heavy atom. The van der Waals surface area contributed by atoms with E-state index in [0.717, 1.165) is 16.9 Å². The second-order valence-electron chi connectivity index (χ2n) is 6.47. The van der Waals surface area contributed by atoms with Crippen molar-refractivity contribution < 1.29 is 14.3 Å². The fourth-order valence-corrected chi connectivity index (χ4v) is 2.79. The van der Waals surface area contributed by atoms with Crippen molar-refractivity contribution in [3.63, 3.8) is 0 Å². The van der Waals surface area contributed by atoms with Gasteiger partial charge in [0.25, 0.3) is 0 Å². The van der Waals surface area contributed by atoms with Gasteiger partial charge in [-0.1, -0.05) is 29.8 Å². The number of methoxy groups -OCH3 is 2. The van der Waals surface area contributed by atoms with Gasteiger partial charge in [-0.25, -0.2) is 0 Å². The average molecular weight is 388 g/mol. The number of aryl methyl sites for hydroxylation is 1. The molecule has 0 bridgehead atoms. The van der Waals surface area contributed by atoms with Gasteiger partial charge >= 0.3 is 0 Å². The van der Waals surface area contributed by atoms with Gasteiger partial charge in [-0.2, -0.15) is 0 Å². The van der Waals surface area contributed by atoms with E-state index in [1.165, 1.54) is 11.6 Å². The van der Waals surface area contributed by atoms with E-state index < -0.39 is 0 Å². The molecule has 0 saturated heterocycles. The maximum atomic E-state index is 12.5. The van der Waals surface area contributed by atoms with Gasteiger partial charge in [0.05, 0.1) is 25.6 Å². The Bertz CT molecular complexity index is 1010. The first-order chi connectivity index (χ1) is 14.1. The van der Waals surface area contributed by atoms with Crippen LogP contribution in [0, 0.1) is 6.92 Å². The van der Waals surface area contributed by atoms with Crippen LogP contribution < -0.4 is 20.1 Å². The number of para-hydroxylation sites is 2. The molecule has 0 aliphatic heterocycles. The molecule has 0 saturated carbocycles. The summed E-state index contributed by atoms with van der Waals surface area (Å²) in [5.74, 6) is 1.09. The zero-order valence-corrected chi connectivity index (χ0v) is 16.7. The van der Waals surface area contributed by atoms with E-state index in [1.54, 1.807) is 26.4 Å². The molecule has 5 heteroatoms. The number of carbonyl (C=O) groups is 1. The summed E-state index contributed by atoms with van der Waals surface area (Å²) in [6, 6.07) is 21.1. The third-order valence-electron chi connectivity index (χ3n) is 4.37. The molecule has 3 aromatic carbocycles. The maximum Gasteiger partial charge on any atom is 0.248 e. The van der Waals surface area contributed by atoms with Crippen molar-refractivity contribution in [2.24, 2.45) is 0 Å². The Balaban J connectivity index is 1.73. The fraction of sp³-hybridized carbons (Fsp3) is 0.125. The highest BCUT2D eigenvalue weighted by molar-refractivity contribution is 6.04. The smallest absolute Gasteiger partial charge is 0.248 e. The fourth-order valence-electron chi connectivity index (χ4n) is 2.79. The van der Waals surface area contributed by atoms with E-state index in [2.05, 4.69) is 10.6 Å². The highest BCUT2D eigenvalue weighted by Crippen LogP contribution is 2.27. The Labute approximate surface area is 171 Å². The molecular weight excluding hydrogens is 364 g/mol. The largest absolute Gasteiger partial charge is 0.497 e. The van der Waals surface area contributed by atoms with Crippen LogP contribution in [0.2, 0.25) is 0 Å². The SMILES string of the molecule is COc1ccc(/C=C/C(=O)Nc2ccccc2Nc2ccc(C)cc2)c(OC)c1. The number of carbonyl (C=O) groups excluding carboxylic acids is 1. The van der Waals surface area contributed by atoms with E-state index in [1.807, 2.05) is 67.6 Å². The molecule has 2 N–H and O–H groups in total. The summed E-state index contributed by atoms with van der Waals surface area (Å²) in [6.07, 6.45) is 3.19. The molecule has 3 aromatic rings. The molecule has 0 aliphatic carbocycles. The highest BCUT2D eigenvalue weighted by Gasteiger charge is 2.06. The van der Waals surface area contributed by atoms with Gasteiger partial charge in [0.2, 0.25) is 5.91 Å². The number of anilines is 3. The van der Waals surface area contributed by atoms with Gasteiger partial charge in [-0.3, -0.25) is 4.79 Å². The summed E-state index contributed by atoms with van der Waals surface area (Å²) in [5.41, 5.74) is 4.45. The molecule has 0 heterocycles. The first-order valence-electron chi connectivity index (χ1n) is 9.23. The van der Waals surface area contributed by atoms with Crippen molar-refractivity contribution in [2.75, 3.05) is 24.9 Å². The highest BCUT2D eigenvalue weighted by atomic mass is 16.5. The number of hydrogen-bond donors (Lipinski definition) is 2. The van der Waals surface area contributed by atoms with Crippen LogP contribution in [0.25, 0.3) is 6.08 Å². The molecule has 1 amide bonds. The number of rotatable bonds is 7. The van der Waals surface area contributed by atoms with Crippen LogP contribution in [-0.2, 0) is 4.79 Å². The third kappa shape index (κ3) is 5.39. The summed E-state index contributed by atoms with van der Waals surface area (Å²) in [5, 5.41) is 6.26. The molecule has 29 heavy (non-hydrogen) atoms. The molecule has 0 aliphatic rings. The summed E-state index contributed by atoms with van der Waals surface area (Å²) < 4.78 is 10.6. The lowest BCUT2D eigenvalue weighted by Gasteiger charge is -2.12. The summed E-state index contributed by atoms with van der Waals surface area (Å²) in [7, 11) is 3.18. The lowest BCUT2D eigenvalue weighted by Crippen LogP contribution is -2.09. The van der Waals surface area contributed by atoms with Crippen LogP contribution in [0.5, 0.6) is 11.5 Å². The second-order valence-corrected chi connectivity index (χ2v) is 6.47. The van der Waals surface area contributed by atoms with Crippen LogP contribution in [0.4, 0.5) is 17.1 Å². The van der Waals surface area contributed by atoms with E-state index >= 15 is 0 Å². The van der Waals surface area contributed by atoms with Crippen LogP contribution >= 0.6 is 0 Å². The van der Waals surface area contributed by atoms with E-state index in [4.69, 9.17) is 9.47 Å². The Morgan fingerprint density at radius 2 is 1.62 bits per heavy atom. The average Bonchev–Trinajstić information content (AvgIpc) is 2.75. The minimum atomic E-state index is -0.235. The number of nitrogens with one attached hydrogen (secondary N) is 2. The van der Waals surface area contributed by atoms with Crippen LogP contribution in [0.15, 0.2) is 72.8 Å². The molecule has 0 fully saturated rings. The number of hydrogen-bond acceptors (Lipinski definition) is 4. The zero-order chi connectivity index (χ0) is 20.6. The minimum absolute atomic E-state index is 0.235. The summed E-state index contributed by atoms with van der Waals surface area (Å²) in [6.45, 7) is 2.04. The van der Waals surface area contributed by atoms with Gasteiger partial charge in [-0.15, -0.1) is 0 Å². The van der Waals surface area contributed by atoms with Gasteiger partial charge < -0.3 is 20.1 Å². The van der Waals surface area contributed by atoms with Gasteiger partial charge in [0.15, 0.2) is 0 Å². The quantitative estimate of drug-likeness (QED) is 0.532. The number of amides is 1. The molecule has 0 spiro atoms. The van der Waals surface area contributed by atoms with E-state index in [-0.39, 0.29) is 5.91 Å². The van der Waals surface area contributed by atoms with Crippen molar-refractivity contribution in [1.82, 2.24) is 0 Å². The number of benzene rings is 3. The van der Waals surface area contributed by atoms with Crippen LogP contribution in [-0.4, -0.2) is 20.1 Å². The zero-order valence-electron chi connectivity index (χ0n) is 16.7. The van der Waals surface area contributed by atoms with Gasteiger partial charge in [0.1, 0.15) is 11.5 Å². The van der Waals surface area contributed by atoms with Crippen molar-refractivity contribution in [3.8, 4) is 11.5 Å². The molecule has 0 radical (unpaired) electrons. The van der Waals surface area contributed by atoms with Crippen molar-refractivity contribution in [3.05, 3.63) is 83.9 Å². The van der Waals surface area contributed by atoms with Crippen molar-refractivity contribution >= 4 is 29.0 Å². The molecule has 0 unspecified atom stereocenters. The molecular formula is C24H24N2O3. The molecule has 3 rings (SSSR count). The maximum absolute atomic E-state index is 12.5. The topological polar surface area (TPSA) is 59.6 Å². The first-order valence-corrected chi connectivity index (χ1v) is 9.23. The molecule has 0 aromatic heterocycles. The lowest BCUT2D eigenvalue weighted by atomic mass is 10.1. The summed E-state index contributed by atoms with van der Waals surface area (Å²) >= 11 is 0. The molecule has 148 valence electrons. The Morgan fingerprint density at radius 3 is 2.31 bits per heavy atom. The third-order valence-corrected chi connectivity index (χ3v) is 4.37. The van der Waals surface area contributed by atoms with E-state index in [0.29, 0.717) is 17.2 Å². The van der Waals surface area contributed by atoms with Gasteiger partial charge in [-0.05, 0) is 49.4 Å². The Kier molecular flexibility index (Phi) is 6.53. The van der Waals surface area contributed by atoms with E-state index in [9.17, 15) is 4.79 Å². The summed E-state index contributed by atoms with van der Waals surface area (Å²) in [4.78, 5) is 12.5. The van der Waals surface area contributed by atoms with Gasteiger partial charge in [0, 0.05) is 23.4 Å². The van der Waals surface area contributed by atoms with Crippen LogP contribution in [0.3, 0.4) is 0 Å². The van der Waals surface area contributed by atoms with Crippen molar-refractivity contribution in [1.29, 1.82) is 0 Å². The predicted molar refractivity (Wildman–Crippen MR) is 118 cm³/mol. The minimum Gasteiger partial charge on any atom is -0.497 e. The number of ether oxygens (including phenoxy) is 2. The lowest BCUT2D eigenvalue weighted by molar-refractivity contribution is -0.111. The standard InChI is InChI=1S/C24H24N2O3/c1-17-8-12-19(13-9-17)25-21-6-4-5-7-22(21)26-24(27)15-11-18-10-14-20(28-2)16-23(18)29-3/h4-16,25H,1-3H3,(H,26,27)/b15-11+. The normalized spacial score (nSPS) is 10.6. The molecule has 0 atom stereocenters. The second kappa shape index (κ2) is 9.46. The molecule has 5 nitrogen and oxygen atoms in total. The van der Waals surface area contributed by atoms with Crippen molar-refractivity contribution in [2.45, 2.75) is 6.92 Å². The first kappa shape index (κ1) is 20.0.